The molecular formula is C15H20N2S. The van der Waals surface area contributed by atoms with E-state index in [0.717, 1.165) is 18.7 Å². The van der Waals surface area contributed by atoms with Crippen molar-refractivity contribution in [2.45, 2.75) is 39.8 Å². The monoisotopic (exact) mass is 260 g/mol. The Balaban J connectivity index is 1.96. The van der Waals surface area contributed by atoms with Crippen LogP contribution in [0.1, 0.15) is 40.9 Å². The van der Waals surface area contributed by atoms with Crippen molar-refractivity contribution in [2.75, 3.05) is 0 Å². The molecule has 0 amide bonds. The highest BCUT2D eigenvalue weighted by Crippen LogP contribution is 2.23. The highest BCUT2D eigenvalue weighted by atomic mass is 32.1. The molecule has 1 unspecified atom stereocenters. The maximum atomic E-state index is 4.41. The fourth-order valence-corrected chi connectivity index (χ4v) is 2.85. The van der Waals surface area contributed by atoms with Crippen LogP contribution in [0.3, 0.4) is 0 Å². The van der Waals surface area contributed by atoms with E-state index in [2.05, 4.69) is 49.3 Å². The normalized spacial score (nSPS) is 12.6. The summed E-state index contributed by atoms with van der Waals surface area (Å²) in [6.45, 7) is 7.34. The minimum Gasteiger partial charge on any atom is -0.304 e. The van der Waals surface area contributed by atoms with E-state index in [1.54, 1.807) is 0 Å². The van der Waals surface area contributed by atoms with Crippen LogP contribution in [0.4, 0.5) is 0 Å². The van der Waals surface area contributed by atoms with Crippen LogP contribution in [0.2, 0.25) is 0 Å². The molecule has 0 aliphatic heterocycles. The van der Waals surface area contributed by atoms with E-state index in [4.69, 9.17) is 0 Å². The van der Waals surface area contributed by atoms with Gasteiger partial charge in [-0.25, -0.2) is 0 Å². The molecule has 2 heterocycles. The van der Waals surface area contributed by atoms with Gasteiger partial charge in [0, 0.05) is 28.5 Å². The van der Waals surface area contributed by atoms with Gasteiger partial charge in [-0.3, -0.25) is 4.98 Å². The van der Waals surface area contributed by atoms with Crippen molar-refractivity contribution in [2.24, 2.45) is 0 Å². The van der Waals surface area contributed by atoms with Crippen molar-refractivity contribution in [3.05, 3.63) is 51.5 Å². The van der Waals surface area contributed by atoms with Crippen LogP contribution in [-0.4, -0.2) is 4.98 Å². The largest absolute Gasteiger partial charge is 0.304 e. The molecule has 2 nitrogen and oxygen atoms in total. The van der Waals surface area contributed by atoms with Crippen LogP contribution < -0.4 is 5.32 Å². The molecule has 0 bridgehead atoms. The number of pyridine rings is 1. The van der Waals surface area contributed by atoms with Crippen LogP contribution in [0.15, 0.2) is 30.5 Å². The standard InChI is InChI=1S/C15H20N2S/c1-4-13-7-8-15(18-13)12(3)17-10-14-11(2)6-5-9-16-14/h5-9,12,17H,4,10H2,1-3H3. The van der Waals surface area contributed by atoms with Crippen molar-refractivity contribution in [1.29, 1.82) is 0 Å². The summed E-state index contributed by atoms with van der Waals surface area (Å²) in [5.41, 5.74) is 2.38. The second-order valence-electron chi connectivity index (χ2n) is 4.53. The van der Waals surface area contributed by atoms with E-state index in [1.165, 1.54) is 15.3 Å². The molecule has 0 aliphatic rings. The van der Waals surface area contributed by atoms with Crippen molar-refractivity contribution in [3.63, 3.8) is 0 Å². The van der Waals surface area contributed by atoms with E-state index in [0.29, 0.717) is 6.04 Å². The van der Waals surface area contributed by atoms with Gasteiger partial charge in [0.25, 0.3) is 0 Å². The third kappa shape index (κ3) is 3.18. The zero-order valence-electron chi connectivity index (χ0n) is 11.2. The van der Waals surface area contributed by atoms with E-state index in [-0.39, 0.29) is 0 Å². The molecule has 3 heteroatoms. The van der Waals surface area contributed by atoms with Crippen molar-refractivity contribution in [3.8, 4) is 0 Å². The van der Waals surface area contributed by atoms with Gasteiger partial charge in [0.15, 0.2) is 0 Å². The average molecular weight is 260 g/mol. The first-order chi connectivity index (χ1) is 8.70. The Kier molecular flexibility index (Phi) is 4.50. The average Bonchev–Trinajstić information content (AvgIpc) is 2.86. The maximum absolute atomic E-state index is 4.41. The highest BCUT2D eigenvalue weighted by Gasteiger charge is 2.08. The van der Waals surface area contributed by atoms with Crippen LogP contribution in [0.25, 0.3) is 0 Å². The van der Waals surface area contributed by atoms with Crippen LogP contribution in [0.5, 0.6) is 0 Å². The van der Waals surface area contributed by atoms with Crippen molar-refractivity contribution < 1.29 is 0 Å². The Morgan fingerprint density at radius 1 is 1.33 bits per heavy atom. The van der Waals surface area contributed by atoms with E-state index in [9.17, 15) is 0 Å². The van der Waals surface area contributed by atoms with Gasteiger partial charge in [0.2, 0.25) is 0 Å². The Morgan fingerprint density at radius 3 is 2.83 bits per heavy atom. The third-order valence-corrected chi connectivity index (χ3v) is 4.56. The molecule has 2 rings (SSSR count). The SMILES string of the molecule is CCc1ccc(C(C)NCc2ncccc2C)s1. The molecule has 2 aromatic rings. The summed E-state index contributed by atoms with van der Waals surface area (Å²) < 4.78 is 0. The Labute approximate surface area is 113 Å². The number of aromatic nitrogens is 1. The predicted molar refractivity (Wildman–Crippen MR) is 77.9 cm³/mol. The molecule has 1 N–H and O–H groups in total. The zero-order chi connectivity index (χ0) is 13.0. The summed E-state index contributed by atoms with van der Waals surface area (Å²) in [6.07, 6.45) is 2.98. The van der Waals surface area contributed by atoms with Gasteiger partial charge in [-0.1, -0.05) is 13.0 Å². The first-order valence-corrected chi connectivity index (χ1v) is 7.25. The number of hydrogen-bond acceptors (Lipinski definition) is 3. The van der Waals surface area contributed by atoms with E-state index < -0.39 is 0 Å². The summed E-state index contributed by atoms with van der Waals surface area (Å²) >= 11 is 1.90. The van der Waals surface area contributed by atoms with E-state index >= 15 is 0 Å². The van der Waals surface area contributed by atoms with Gasteiger partial charge in [-0.05, 0) is 44.0 Å². The predicted octanol–water partition coefficient (Wildman–Crippen LogP) is 3.86. The van der Waals surface area contributed by atoms with Gasteiger partial charge in [0.1, 0.15) is 0 Å². The molecule has 18 heavy (non-hydrogen) atoms. The molecule has 2 aromatic heterocycles. The molecule has 0 saturated carbocycles. The minimum absolute atomic E-state index is 0.386. The number of aryl methyl sites for hydroxylation is 2. The topological polar surface area (TPSA) is 24.9 Å². The minimum atomic E-state index is 0.386. The molecule has 0 spiro atoms. The fraction of sp³-hybridized carbons (Fsp3) is 0.400. The first-order valence-electron chi connectivity index (χ1n) is 6.43. The molecule has 0 aromatic carbocycles. The summed E-state index contributed by atoms with van der Waals surface area (Å²) in [5.74, 6) is 0. The van der Waals surface area contributed by atoms with Gasteiger partial charge < -0.3 is 5.32 Å². The lowest BCUT2D eigenvalue weighted by Crippen LogP contribution is -2.18. The molecular weight excluding hydrogens is 240 g/mol. The fourth-order valence-electron chi connectivity index (χ4n) is 1.87. The Bertz CT molecular complexity index is 505. The number of thiophene rings is 1. The zero-order valence-corrected chi connectivity index (χ0v) is 12.1. The number of nitrogens with one attached hydrogen (secondary N) is 1. The molecule has 0 saturated heterocycles. The van der Waals surface area contributed by atoms with Gasteiger partial charge in [-0.2, -0.15) is 0 Å². The molecule has 96 valence electrons. The lowest BCUT2D eigenvalue weighted by molar-refractivity contribution is 0.574. The molecule has 1 atom stereocenters. The van der Waals surface area contributed by atoms with Gasteiger partial charge in [-0.15, -0.1) is 11.3 Å². The lowest BCUT2D eigenvalue weighted by Gasteiger charge is -2.12. The van der Waals surface area contributed by atoms with Crippen molar-refractivity contribution in [1.82, 2.24) is 10.3 Å². The second kappa shape index (κ2) is 6.12. The highest BCUT2D eigenvalue weighted by molar-refractivity contribution is 7.12. The molecule has 0 fully saturated rings. The Hall–Kier alpha value is -1.19. The van der Waals surface area contributed by atoms with Crippen LogP contribution >= 0.6 is 11.3 Å². The lowest BCUT2D eigenvalue weighted by atomic mass is 10.2. The maximum Gasteiger partial charge on any atom is 0.0570 e. The smallest absolute Gasteiger partial charge is 0.0570 e. The summed E-state index contributed by atoms with van der Waals surface area (Å²) in [7, 11) is 0. The molecule has 0 aliphatic carbocycles. The van der Waals surface area contributed by atoms with E-state index in [1.807, 2.05) is 23.6 Å². The van der Waals surface area contributed by atoms with Gasteiger partial charge in [0.05, 0.1) is 5.69 Å². The number of nitrogens with zero attached hydrogens (tertiary/aromatic N) is 1. The number of hydrogen-bond donors (Lipinski definition) is 1. The summed E-state index contributed by atoms with van der Waals surface area (Å²) in [5, 5.41) is 3.54. The summed E-state index contributed by atoms with van der Waals surface area (Å²) in [4.78, 5) is 7.26. The van der Waals surface area contributed by atoms with Crippen molar-refractivity contribution >= 4 is 11.3 Å². The quantitative estimate of drug-likeness (QED) is 0.883. The Morgan fingerprint density at radius 2 is 2.17 bits per heavy atom. The first kappa shape index (κ1) is 13.2. The second-order valence-corrected chi connectivity index (χ2v) is 5.73. The van der Waals surface area contributed by atoms with Gasteiger partial charge >= 0.3 is 0 Å². The van der Waals surface area contributed by atoms with Crippen LogP contribution in [0, 0.1) is 6.92 Å². The summed E-state index contributed by atoms with van der Waals surface area (Å²) in [6, 6.07) is 8.93. The third-order valence-electron chi connectivity index (χ3n) is 3.15. The number of rotatable bonds is 5. The van der Waals surface area contributed by atoms with Crippen LogP contribution in [-0.2, 0) is 13.0 Å². The molecule has 0 radical (unpaired) electrons.